The number of halogens is 1. The van der Waals surface area contributed by atoms with Gasteiger partial charge in [-0.2, -0.15) is 13.5 Å². The first-order valence-electron chi connectivity index (χ1n) is 5.57. The van der Waals surface area contributed by atoms with Crippen LogP contribution in [0.25, 0.3) is 0 Å². The van der Waals surface area contributed by atoms with Crippen molar-refractivity contribution in [3.8, 4) is 5.75 Å². The lowest BCUT2D eigenvalue weighted by molar-refractivity contribution is 0.474. The Kier molecular flexibility index (Phi) is 4.41. The van der Waals surface area contributed by atoms with Crippen LogP contribution in [0, 0.1) is 0 Å². The highest BCUT2D eigenvalue weighted by Gasteiger charge is 2.11. The highest BCUT2D eigenvalue weighted by Crippen LogP contribution is 2.20. The molecule has 0 saturated heterocycles. The summed E-state index contributed by atoms with van der Waals surface area (Å²) in [7, 11) is -3.69. The first-order chi connectivity index (χ1) is 9.49. The van der Waals surface area contributed by atoms with Gasteiger partial charge in [0.15, 0.2) is 0 Å². The molecule has 0 aliphatic carbocycles. The van der Waals surface area contributed by atoms with Gasteiger partial charge >= 0.3 is 0 Å². The molecule has 0 radical (unpaired) electrons. The predicted octanol–water partition coefficient (Wildman–Crippen LogP) is 2.47. The van der Waals surface area contributed by atoms with E-state index < -0.39 is 10.0 Å². The van der Waals surface area contributed by atoms with Gasteiger partial charge in [0, 0.05) is 10.0 Å². The number of hydrogen-bond donors (Lipinski definition) is 2. The zero-order chi connectivity index (χ0) is 14.6. The van der Waals surface area contributed by atoms with Gasteiger partial charge in [0.05, 0.1) is 11.1 Å². The van der Waals surface area contributed by atoms with E-state index in [1.165, 1.54) is 24.4 Å². The molecule has 0 heterocycles. The Hall–Kier alpha value is -1.86. The van der Waals surface area contributed by atoms with Crippen LogP contribution in [0.5, 0.6) is 5.75 Å². The van der Waals surface area contributed by atoms with Crippen molar-refractivity contribution >= 4 is 32.2 Å². The molecular weight excluding hydrogens is 344 g/mol. The van der Waals surface area contributed by atoms with Crippen molar-refractivity contribution in [1.29, 1.82) is 0 Å². The van der Waals surface area contributed by atoms with Gasteiger partial charge in [-0.3, -0.25) is 0 Å². The van der Waals surface area contributed by atoms with Crippen LogP contribution in [-0.4, -0.2) is 19.7 Å². The molecule has 2 N–H and O–H groups in total. The maximum atomic E-state index is 11.9. The van der Waals surface area contributed by atoms with Crippen LogP contribution >= 0.6 is 15.9 Å². The number of hydrazone groups is 1. The van der Waals surface area contributed by atoms with E-state index in [0.717, 1.165) is 4.47 Å². The average molecular weight is 355 g/mol. The maximum absolute atomic E-state index is 11.9. The van der Waals surface area contributed by atoms with E-state index in [-0.39, 0.29) is 10.6 Å². The van der Waals surface area contributed by atoms with Crippen LogP contribution in [-0.2, 0) is 10.0 Å². The minimum atomic E-state index is -3.69. The van der Waals surface area contributed by atoms with Crippen molar-refractivity contribution in [2.24, 2.45) is 5.10 Å². The summed E-state index contributed by atoms with van der Waals surface area (Å²) in [5.74, 6) is 0.0101. The van der Waals surface area contributed by atoms with Gasteiger partial charge in [0.1, 0.15) is 5.75 Å². The fraction of sp³-hybridized carbons (Fsp3) is 0. The Labute approximate surface area is 125 Å². The largest absolute Gasteiger partial charge is 0.507 e. The molecule has 2 aromatic carbocycles. The number of nitrogens with zero attached hydrogens (tertiary/aromatic N) is 1. The van der Waals surface area contributed by atoms with Crippen molar-refractivity contribution in [2.75, 3.05) is 0 Å². The summed E-state index contributed by atoms with van der Waals surface area (Å²) in [4.78, 5) is 2.21. The van der Waals surface area contributed by atoms with Gasteiger partial charge in [-0.1, -0.05) is 34.1 Å². The molecule has 7 heteroatoms. The molecule has 0 aliphatic heterocycles. The van der Waals surface area contributed by atoms with E-state index in [9.17, 15) is 13.5 Å². The normalized spacial score (nSPS) is 11.7. The molecule has 0 saturated carbocycles. The Bertz CT molecular complexity index is 731. The monoisotopic (exact) mass is 354 g/mol. The van der Waals surface area contributed by atoms with Gasteiger partial charge in [-0.25, -0.2) is 4.83 Å². The highest BCUT2D eigenvalue weighted by atomic mass is 79.9. The van der Waals surface area contributed by atoms with E-state index in [1.807, 2.05) is 0 Å². The third-order valence-electron chi connectivity index (χ3n) is 2.42. The lowest BCUT2D eigenvalue weighted by Gasteiger charge is -2.03. The van der Waals surface area contributed by atoms with Gasteiger partial charge in [-0.05, 0) is 30.3 Å². The van der Waals surface area contributed by atoms with E-state index in [1.54, 1.807) is 30.3 Å². The summed E-state index contributed by atoms with van der Waals surface area (Å²) >= 11 is 3.25. The van der Waals surface area contributed by atoms with Crippen molar-refractivity contribution in [3.63, 3.8) is 0 Å². The molecule has 0 spiro atoms. The van der Waals surface area contributed by atoms with Gasteiger partial charge in [0.2, 0.25) is 0 Å². The summed E-state index contributed by atoms with van der Waals surface area (Å²) in [6.45, 7) is 0. The molecule has 0 unspecified atom stereocenters. The van der Waals surface area contributed by atoms with E-state index in [0.29, 0.717) is 5.56 Å². The van der Waals surface area contributed by atoms with Gasteiger partial charge < -0.3 is 5.11 Å². The van der Waals surface area contributed by atoms with Crippen LogP contribution < -0.4 is 4.83 Å². The molecule has 0 aromatic heterocycles. The molecule has 2 aromatic rings. The third-order valence-corrected chi connectivity index (χ3v) is 4.15. The number of phenolic OH excluding ortho intramolecular Hbond substituents is 1. The smallest absolute Gasteiger partial charge is 0.276 e. The molecule has 0 aliphatic rings. The van der Waals surface area contributed by atoms with Gasteiger partial charge in [-0.15, -0.1) is 0 Å². The lowest BCUT2D eigenvalue weighted by Crippen LogP contribution is -2.18. The van der Waals surface area contributed by atoms with Crippen LogP contribution in [0.1, 0.15) is 5.56 Å². The molecule has 0 atom stereocenters. The predicted molar refractivity (Wildman–Crippen MR) is 80.2 cm³/mol. The van der Waals surface area contributed by atoms with Crippen molar-refractivity contribution < 1.29 is 13.5 Å². The zero-order valence-electron chi connectivity index (χ0n) is 10.2. The second-order valence-electron chi connectivity index (χ2n) is 3.87. The first-order valence-corrected chi connectivity index (χ1v) is 7.85. The summed E-state index contributed by atoms with van der Waals surface area (Å²) in [6.07, 6.45) is 1.24. The first kappa shape index (κ1) is 14.5. The molecule has 0 amide bonds. The van der Waals surface area contributed by atoms with Crippen LogP contribution in [0.3, 0.4) is 0 Å². The number of phenols is 1. The van der Waals surface area contributed by atoms with E-state index >= 15 is 0 Å². The molecule has 20 heavy (non-hydrogen) atoms. The number of nitrogens with one attached hydrogen (secondary N) is 1. The number of aromatic hydroxyl groups is 1. The standard InChI is InChI=1S/C13H11BrN2O3S/c14-11-6-7-13(17)10(8-11)9-15-16-20(18,19)12-4-2-1-3-5-12/h1-9,16-17H/b15-9-. The molecule has 0 bridgehead atoms. The zero-order valence-corrected chi connectivity index (χ0v) is 12.6. The molecule has 5 nitrogen and oxygen atoms in total. The Morgan fingerprint density at radius 2 is 1.85 bits per heavy atom. The quantitative estimate of drug-likeness (QED) is 0.653. The summed E-state index contributed by atoms with van der Waals surface area (Å²) in [5.41, 5.74) is 0.398. The van der Waals surface area contributed by atoms with Crippen LogP contribution in [0.4, 0.5) is 0 Å². The number of hydrogen-bond acceptors (Lipinski definition) is 4. The summed E-state index contributed by atoms with van der Waals surface area (Å²) in [6, 6.07) is 12.7. The van der Waals surface area contributed by atoms with Crippen molar-refractivity contribution in [3.05, 3.63) is 58.6 Å². The molecule has 2 rings (SSSR count). The van der Waals surface area contributed by atoms with E-state index in [2.05, 4.69) is 25.9 Å². The second kappa shape index (κ2) is 6.06. The fourth-order valence-corrected chi connectivity index (χ4v) is 2.64. The van der Waals surface area contributed by atoms with Crippen LogP contribution in [0.2, 0.25) is 0 Å². The Morgan fingerprint density at radius 3 is 2.55 bits per heavy atom. The Morgan fingerprint density at radius 1 is 1.15 bits per heavy atom. The molecule has 104 valence electrons. The lowest BCUT2D eigenvalue weighted by atomic mass is 10.2. The highest BCUT2D eigenvalue weighted by molar-refractivity contribution is 9.10. The maximum Gasteiger partial charge on any atom is 0.276 e. The van der Waals surface area contributed by atoms with Gasteiger partial charge in [0.25, 0.3) is 10.0 Å². The average Bonchev–Trinajstić information content (AvgIpc) is 2.43. The topological polar surface area (TPSA) is 78.8 Å². The summed E-state index contributed by atoms with van der Waals surface area (Å²) in [5, 5.41) is 13.2. The third kappa shape index (κ3) is 3.58. The van der Waals surface area contributed by atoms with E-state index in [4.69, 9.17) is 0 Å². The second-order valence-corrected chi connectivity index (χ2v) is 6.45. The van der Waals surface area contributed by atoms with Crippen molar-refractivity contribution in [2.45, 2.75) is 4.90 Å². The van der Waals surface area contributed by atoms with Crippen LogP contribution in [0.15, 0.2) is 63.0 Å². The number of sulfonamides is 1. The Balaban J connectivity index is 2.16. The minimum absolute atomic E-state index is 0.0101. The molecular formula is C13H11BrN2O3S. The van der Waals surface area contributed by atoms with Crippen molar-refractivity contribution in [1.82, 2.24) is 4.83 Å². The number of benzene rings is 2. The molecule has 0 fully saturated rings. The number of rotatable bonds is 4. The fourth-order valence-electron chi connectivity index (χ4n) is 1.45. The minimum Gasteiger partial charge on any atom is -0.507 e. The SMILES string of the molecule is O=S(=O)(N/N=C\c1cc(Br)ccc1O)c1ccccc1. The summed E-state index contributed by atoms with van der Waals surface area (Å²) < 4.78 is 24.5.